The van der Waals surface area contributed by atoms with E-state index in [-0.39, 0.29) is 5.69 Å². The zero-order valence-electron chi connectivity index (χ0n) is 11.6. The Balaban J connectivity index is 1.90. The number of rotatable bonds is 3. The number of carboxylic acid groups (broad SMARTS) is 1. The smallest absolute Gasteiger partial charge is 0.354 e. The maximum atomic E-state index is 11.1. The minimum Gasteiger partial charge on any atom is -0.477 e. The molecule has 0 spiro atoms. The predicted molar refractivity (Wildman–Crippen MR) is 75.4 cm³/mol. The lowest BCUT2D eigenvalue weighted by Crippen LogP contribution is -2.05. The van der Waals surface area contributed by atoms with Crippen molar-refractivity contribution in [2.45, 2.75) is 49.5 Å². The lowest BCUT2D eigenvalue weighted by molar-refractivity contribution is 0.0689. The van der Waals surface area contributed by atoms with E-state index in [1.165, 1.54) is 24.2 Å². The van der Waals surface area contributed by atoms with Crippen molar-refractivity contribution in [2.24, 2.45) is 0 Å². The van der Waals surface area contributed by atoms with Crippen molar-refractivity contribution in [2.75, 3.05) is 0 Å². The predicted octanol–water partition coefficient (Wildman–Crippen LogP) is 1.95. The van der Waals surface area contributed by atoms with Crippen molar-refractivity contribution in [3.8, 4) is 0 Å². The van der Waals surface area contributed by atoms with E-state index in [2.05, 4.69) is 24.7 Å². The lowest BCUT2D eigenvalue weighted by Gasteiger charge is -2.06. The Bertz CT molecular complexity index is 685. The van der Waals surface area contributed by atoms with Crippen LogP contribution in [-0.2, 0) is 13.0 Å². The standard InChI is InChI=1S/C13H15N5O2S/c1-8-7-9(11(19)20)15-12(14-8)21-13-17-16-10-5-3-2-4-6-18(10)13/h7H,2-6H2,1H3,(H,19,20). The number of aromatic carboxylic acids is 1. The minimum atomic E-state index is -1.05. The van der Waals surface area contributed by atoms with Crippen LogP contribution in [0.3, 0.4) is 0 Å². The van der Waals surface area contributed by atoms with Crippen LogP contribution in [-0.4, -0.2) is 35.8 Å². The van der Waals surface area contributed by atoms with Gasteiger partial charge in [-0.1, -0.05) is 6.42 Å². The van der Waals surface area contributed by atoms with Gasteiger partial charge in [-0.05, 0) is 37.6 Å². The molecule has 8 heteroatoms. The van der Waals surface area contributed by atoms with Crippen molar-refractivity contribution in [3.05, 3.63) is 23.3 Å². The van der Waals surface area contributed by atoms with E-state index in [0.717, 1.165) is 36.8 Å². The maximum Gasteiger partial charge on any atom is 0.354 e. The number of hydrogen-bond acceptors (Lipinski definition) is 6. The van der Waals surface area contributed by atoms with Gasteiger partial charge in [0, 0.05) is 18.7 Å². The maximum absolute atomic E-state index is 11.1. The molecule has 110 valence electrons. The molecule has 0 unspecified atom stereocenters. The highest BCUT2D eigenvalue weighted by atomic mass is 32.2. The van der Waals surface area contributed by atoms with Crippen molar-refractivity contribution in [1.29, 1.82) is 0 Å². The molecule has 21 heavy (non-hydrogen) atoms. The van der Waals surface area contributed by atoms with Gasteiger partial charge in [0.05, 0.1) is 0 Å². The van der Waals surface area contributed by atoms with Crippen molar-refractivity contribution in [1.82, 2.24) is 24.7 Å². The fourth-order valence-corrected chi connectivity index (χ4v) is 3.20. The van der Waals surface area contributed by atoms with Gasteiger partial charge < -0.3 is 9.67 Å². The average Bonchev–Trinajstić information content (AvgIpc) is 2.68. The van der Waals surface area contributed by atoms with E-state index in [1.54, 1.807) is 6.92 Å². The molecular formula is C13H15N5O2S. The molecule has 0 amide bonds. The van der Waals surface area contributed by atoms with Crippen molar-refractivity contribution >= 4 is 17.7 Å². The van der Waals surface area contributed by atoms with Crippen LogP contribution in [0, 0.1) is 6.92 Å². The lowest BCUT2D eigenvalue weighted by atomic mass is 10.2. The van der Waals surface area contributed by atoms with E-state index < -0.39 is 5.97 Å². The third kappa shape index (κ3) is 3.05. The van der Waals surface area contributed by atoms with E-state index in [4.69, 9.17) is 5.11 Å². The second-order valence-electron chi connectivity index (χ2n) is 4.95. The molecule has 0 radical (unpaired) electrons. The van der Waals surface area contributed by atoms with Crippen LogP contribution in [0.4, 0.5) is 0 Å². The van der Waals surface area contributed by atoms with Gasteiger partial charge in [-0.15, -0.1) is 10.2 Å². The van der Waals surface area contributed by atoms with Crippen LogP contribution in [0.5, 0.6) is 0 Å². The van der Waals surface area contributed by atoms with Crippen LogP contribution in [0.25, 0.3) is 0 Å². The number of fused-ring (bicyclic) bond motifs is 1. The average molecular weight is 305 g/mol. The third-order valence-corrected chi connectivity index (χ3v) is 4.16. The zero-order valence-corrected chi connectivity index (χ0v) is 12.4. The largest absolute Gasteiger partial charge is 0.477 e. The first-order chi connectivity index (χ1) is 10.1. The summed E-state index contributed by atoms with van der Waals surface area (Å²) in [7, 11) is 0. The van der Waals surface area contributed by atoms with E-state index in [9.17, 15) is 4.79 Å². The van der Waals surface area contributed by atoms with Gasteiger partial charge in [-0.25, -0.2) is 14.8 Å². The van der Waals surface area contributed by atoms with Gasteiger partial charge >= 0.3 is 5.97 Å². The molecule has 2 aromatic heterocycles. The summed E-state index contributed by atoms with van der Waals surface area (Å²) in [5.41, 5.74) is 0.626. The molecule has 0 saturated carbocycles. The number of carboxylic acids is 1. The fraction of sp³-hybridized carbons (Fsp3) is 0.462. The molecule has 2 aromatic rings. The normalized spacial score (nSPS) is 14.5. The summed E-state index contributed by atoms with van der Waals surface area (Å²) >= 11 is 1.27. The summed E-state index contributed by atoms with van der Waals surface area (Å²) in [6.07, 6.45) is 4.36. The fourth-order valence-electron chi connectivity index (χ4n) is 2.31. The molecule has 3 rings (SSSR count). The second-order valence-corrected chi connectivity index (χ2v) is 5.88. The second kappa shape index (κ2) is 5.80. The monoisotopic (exact) mass is 305 g/mol. The Morgan fingerprint density at radius 3 is 2.95 bits per heavy atom. The van der Waals surface area contributed by atoms with Gasteiger partial charge in [0.25, 0.3) is 0 Å². The van der Waals surface area contributed by atoms with Crippen LogP contribution in [0.2, 0.25) is 0 Å². The molecule has 0 aromatic carbocycles. The first-order valence-corrected chi connectivity index (χ1v) is 7.64. The number of aromatic nitrogens is 5. The molecule has 0 atom stereocenters. The number of nitrogens with zero attached hydrogens (tertiary/aromatic N) is 5. The summed E-state index contributed by atoms with van der Waals surface area (Å²) in [5.74, 6) is -0.0662. The Kier molecular flexibility index (Phi) is 3.87. The summed E-state index contributed by atoms with van der Waals surface area (Å²) in [6.45, 7) is 2.64. The molecule has 3 heterocycles. The molecule has 0 fully saturated rings. The molecule has 1 aliphatic heterocycles. The van der Waals surface area contributed by atoms with E-state index in [0.29, 0.717) is 10.9 Å². The first-order valence-electron chi connectivity index (χ1n) is 6.82. The Morgan fingerprint density at radius 1 is 1.29 bits per heavy atom. The van der Waals surface area contributed by atoms with Crippen LogP contribution in [0.1, 0.15) is 41.3 Å². The van der Waals surface area contributed by atoms with Gasteiger partial charge in [0.1, 0.15) is 5.82 Å². The van der Waals surface area contributed by atoms with Crippen LogP contribution >= 0.6 is 11.8 Å². The minimum absolute atomic E-state index is 0.000560. The molecule has 0 bridgehead atoms. The van der Waals surface area contributed by atoms with Gasteiger partial charge in [-0.3, -0.25) is 0 Å². The van der Waals surface area contributed by atoms with Crippen LogP contribution < -0.4 is 0 Å². The quantitative estimate of drug-likeness (QED) is 0.866. The van der Waals surface area contributed by atoms with Crippen molar-refractivity contribution < 1.29 is 9.90 Å². The molecule has 7 nitrogen and oxygen atoms in total. The summed E-state index contributed by atoms with van der Waals surface area (Å²) in [6, 6.07) is 1.46. The van der Waals surface area contributed by atoms with E-state index in [1.807, 2.05) is 0 Å². The highest BCUT2D eigenvalue weighted by Crippen LogP contribution is 2.26. The Hall–Kier alpha value is -1.96. The van der Waals surface area contributed by atoms with Crippen LogP contribution in [0.15, 0.2) is 16.4 Å². The molecule has 1 aliphatic rings. The SMILES string of the molecule is Cc1cc(C(=O)O)nc(Sc2nnc3n2CCCCC3)n1. The number of aryl methyl sites for hydroxylation is 2. The number of hydrogen-bond donors (Lipinski definition) is 1. The highest BCUT2D eigenvalue weighted by Gasteiger charge is 2.17. The molecule has 0 aliphatic carbocycles. The topological polar surface area (TPSA) is 93.8 Å². The highest BCUT2D eigenvalue weighted by molar-refractivity contribution is 7.99. The van der Waals surface area contributed by atoms with E-state index >= 15 is 0 Å². The van der Waals surface area contributed by atoms with Gasteiger partial charge in [0.2, 0.25) is 0 Å². The summed E-state index contributed by atoms with van der Waals surface area (Å²) < 4.78 is 2.09. The molecule has 1 N–H and O–H groups in total. The third-order valence-electron chi connectivity index (χ3n) is 3.31. The summed E-state index contributed by atoms with van der Waals surface area (Å²) in [5, 5.41) is 18.6. The Morgan fingerprint density at radius 2 is 2.14 bits per heavy atom. The van der Waals surface area contributed by atoms with Gasteiger partial charge in [0.15, 0.2) is 16.0 Å². The summed E-state index contributed by atoms with van der Waals surface area (Å²) in [4.78, 5) is 19.4. The van der Waals surface area contributed by atoms with Gasteiger partial charge in [-0.2, -0.15) is 0 Å². The molecule has 0 saturated heterocycles. The molecular weight excluding hydrogens is 290 g/mol. The first kappa shape index (κ1) is 14.0. The zero-order chi connectivity index (χ0) is 14.8. The Labute approximate surface area is 125 Å². The number of carbonyl (C=O) groups is 1. The van der Waals surface area contributed by atoms with Crippen molar-refractivity contribution in [3.63, 3.8) is 0 Å².